The van der Waals surface area contributed by atoms with Crippen LogP contribution in [-0.2, 0) is 0 Å². The van der Waals surface area contributed by atoms with Crippen molar-refractivity contribution in [1.82, 2.24) is 5.32 Å². The van der Waals surface area contributed by atoms with E-state index in [1.807, 2.05) is 11.8 Å². The minimum atomic E-state index is -0.0995. The van der Waals surface area contributed by atoms with Gasteiger partial charge in [-0.05, 0) is 43.0 Å². The van der Waals surface area contributed by atoms with Crippen molar-refractivity contribution in [1.29, 1.82) is 0 Å². The number of benzene rings is 1. The summed E-state index contributed by atoms with van der Waals surface area (Å²) in [7, 11) is 0. The first-order chi connectivity index (χ1) is 8.15. The zero-order chi connectivity index (χ0) is 12.7. The number of halogens is 1. The van der Waals surface area contributed by atoms with Crippen LogP contribution in [-0.4, -0.2) is 24.5 Å². The Hall–Kier alpha value is -0.870. The molecule has 94 valence electrons. The number of nitrogen functional groups attached to an aromatic ring is 1. The highest BCUT2D eigenvalue weighted by molar-refractivity contribution is 7.98. The van der Waals surface area contributed by atoms with Gasteiger partial charge in [-0.3, -0.25) is 4.79 Å². The van der Waals surface area contributed by atoms with E-state index in [1.54, 1.807) is 18.2 Å². The van der Waals surface area contributed by atoms with E-state index < -0.39 is 0 Å². The molecule has 0 aliphatic carbocycles. The van der Waals surface area contributed by atoms with Gasteiger partial charge in [-0.1, -0.05) is 11.6 Å². The number of nitrogens with two attached hydrogens (primary N) is 1. The molecule has 17 heavy (non-hydrogen) atoms. The zero-order valence-corrected chi connectivity index (χ0v) is 11.4. The van der Waals surface area contributed by atoms with Gasteiger partial charge in [0.25, 0.3) is 5.91 Å². The van der Waals surface area contributed by atoms with Crippen LogP contribution in [0.4, 0.5) is 5.69 Å². The SMILES string of the molecule is CSCCCCNC(=O)c1ccc(Cl)c(N)c1. The first kappa shape index (κ1) is 14.2. The van der Waals surface area contributed by atoms with Gasteiger partial charge >= 0.3 is 0 Å². The van der Waals surface area contributed by atoms with Crippen LogP contribution in [0, 0.1) is 0 Å². The molecule has 0 saturated carbocycles. The van der Waals surface area contributed by atoms with Gasteiger partial charge in [-0.2, -0.15) is 11.8 Å². The summed E-state index contributed by atoms with van der Waals surface area (Å²) in [6.45, 7) is 0.696. The Bertz CT molecular complexity index is 385. The van der Waals surface area contributed by atoms with Crippen molar-refractivity contribution in [2.24, 2.45) is 0 Å². The Balaban J connectivity index is 2.39. The third-order valence-corrected chi connectivity index (χ3v) is 3.36. The summed E-state index contributed by atoms with van der Waals surface area (Å²) in [6, 6.07) is 4.91. The highest BCUT2D eigenvalue weighted by Gasteiger charge is 2.06. The van der Waals surface area contributed by atoms with E-state index in [2.05, 4.69) is 11.6 Å². The highest BCUT2D eigenvalue weighted by atomic mass is 35.5. The summed E-state index contributed by atoms with van der Waals surface area (Å²) < 4.78 is 0. The van der Waals surface area contributed by atoms with Gasteiger partial charge in [0, 0.05) is 12.1 Å². The van der Waals surface area contributed by atoms with E-state index >= 15 is 0 Å². The number of nitrogens with one attached hydrogen (secondary N) is 1. The van der Waals surface area contributed by atoms with E-state index in [9.17, 15) is 4.79 Å². The minimum Gasteiger partial charge on any atom is -0.398 e. The normalized spacial score (nSPS) is 10.2. The summed E-state index contributed by atoms with van der Waals surface area (Å²) in [5.74, 6) is 1.03. The number of carbonyl (C=O) groups is 1. The molecule has 0 unspecified atom stereocenters. The van der Waals surface area contributed by atoms with Crippen molar-refractivity contribution in [3.8, 4) is 0 Å². The lowest BCUT2D eigenvalue weighted by Gasteiger charge is -2.06. The molecule has 0 atom stereocenters. The van der Waals surface area contributed by atoms with Crippen molar-refractivity contribution in [2.75, 3.05) is 24.3 Å². The lowest BCUT2D eigenvalue weighted by molar-refractivity contribution is 0.0953. The molecule has 1 amide bonds. The van der Waals surface area contributed by atoms with E-state index in [4.69, 9.17) is 17.3 Å². The molecule has 0 heterocycles. The van der Waals surface area contributed by atoms with Crippen molar-refractivity contribution in [2.45, 2.75) is 12.8 Å². The molecule has 0 radical (unpaired) electrons. The van der Waals surface area contributed by atoms with Gasteiger partial charge in [0.15, 0.2) is 0 Å². The molecule has 1 aromatic carbocycles. The molecule has 5 heteroatoms. The summed E-state index contributed by atoms with van der Waals surface area (Å²) in [4.78, 5) is 11.7. The topological polar surface area (TPSA) is 55.1 Å². The van der Waals surface area contributed by atoms with Gasteiger partial charge < -0.3 is 11.1 Å². The molecule has 0 spiro atoms. The van der Waals surface area contributed by atoms with E-state index in [0.29, 0.717) is 22.8 Å². The number of thioether (sulfide) groups is 1. The number of unbranched alkanes of at least 4 members (excludes halogenated alkanes) is 1. The van der Waals surface area contributed by atoms with Crippen LogP contribution in [0.5, 0.6) is 0 Å². The standard InChI is InChI=1S/C12H17ClN2OS/c1-17-7-3-2-6-15-12(16)9-4-5-10(13)11(14)8-9/h4-5,8H,2-3,6-7,14H2,1H3,(H,15,16). The van der Waals surface area contributed by atoms with Crippen LogP contribution in [0.1, 0.15) is 23.2 Å². The third-order valence-electron chi connectivity index (χ3n) is 2.32. The number of rotatable bonds is 6. The lowest BCUT2D eigenvalue weighted by Crippen LogP contribution is -2.24. The van der Waals surface area contributed by atoms with Crippen LogP contribution in [0.25, 0.3) is 0 Å². The Kier molecular flexibility index (Phi) is 6.22. The predicted molar refractivity (Wildman–Crippen MR) is 75.8 cm³/mol. The molecule has 0 aromatic heterocycles. The Morgan fingerprint density at radius 3 is 2.88 bits per heavy atom. The summed E-state index contributed by atoms with van der Waals surface area (Å²) >= 11 is 7.60. The maximum atomic E-state index is 11.7. The minimum absolute atomic E-state index is 0.0995. The van der Waals surface area contributed by atoms with Crippen LogP contribution >= 0.6 is 23.4 Å². The number of hydrogen-bond donors (Lipinski definition) is 2. The Morgan fingerprint density at radius 1 is 1.47 bits per heavy atom. The summed E-state index contributed by atoms with van der Waals surface area (Å²) in [5, 5.41) is 3.33. The fourth-order valence-corrected chi connectivity index (χ4v) is 1.97. The molecule has 1 rings (SSSR count). The molecule has 1 aromatic rings. The monoisotopic (exact) mass is 272 g/mol. The molecule has 0 aliphatic rings. The van der Waals surface area contributed by atoms with E-state index in [-0.39, 0.29) is 5.91 Å². The van der Waals surface area contributed by atoms with Gasteiger partial charge in [0.05, 0.1) is 10.7 Å². The molecule has 0 bridgehead atoms. The second-order valence-corrected chi connectivity index (χ2v) is 5.08. The van der Waals surface area contributed by atoms with Crippen LogP contribution < -0.4 is 11.1 Å². The molecule has 3 nitrogen and oxygen atoms in total. The average Bonchev–Trinajstić information content (AvgIpc) is 2.32. The maximum Gasteiger partial charge on any atom is 0.251 e. The first-order valence-corrected chi connectivity index (χ1v) is 7.24. The van der Waals surface area contributed by atoms with Crippen molar-refractivity contribution in [3.05, 3.63) is 28.8 Å². The van der Waals surface area contributed by atoms with Crippen LogP contribution in [0.2, 0.25) is 5.02 Å². The molecule has 0 fully saturated rings. The largest absolute Gasteiger partial charge is 0.398 e. The molecular formula is C12H17ClN2OS. The third kappa shape index (κ3) is 4.88. The zero-order valence-electron chi connectivity index (χ0n) is 9.83. The Labute approximate surface area is 111 Å². The van der Waals surface area contributed by atoms with Crippen molar-refractivity contribution >= 4 is 35.0 Å². The second kappa shape index (κ2) is 7.45. The van der Waals surface area contributed by atoms with Crippen LogP contribution in [0.3, 0.4) is 0 Å². The lowest BCUT2D eigenvalue weighted by atomic mass is 10.2. The van der Waals surface area contributed by atoms with Crippen molar-refractivity contribution in [3.63, 3.8) is 0 Å². The fraction of sp³-hybridized carbons (Fsp3) is 0.417. The molecular weight excluding hydrogens is 256 g/mol. The summed E-state index contributed by atoms with van der Waals surface area (Å²) in [5.41, 5.74) is 6.62. The quantitative estimate of drug-likeness (QED) is 0.618. The predicted octanol–water partition coefficient (Wildman–Crippen LogP) is 2.80. The fourth-order valence-electron chi connectivity index (χ4n) is 1.36. The van der Waals surface area contributed by atoms with E-state index in [0.717, 1.165) is 18.6 Å². The number of amides is 1. The van der Waals surface area contributed by atoms with Crippen LogP contribution in [0.15, 0.2) is 18.2 Å². The van der Waals surface area contributed by atoms with Gasteiger partial charge in [-0.15, -0.1) is 0 Å². The van der Waals surface area contributed by atoms with Gasteiger partial charge in [0.2, 0.25) is 0 Å². The molecule has 0 saturated heterocycles. The smallest absolute Gasteiger partial charge is 0.251 e. The molecule has 0 aliphatic heterocycles. The average molecular weight is 273 g/mol. The van der Waals surface area contributed by atoms with Gasteiger partial charge in [0.1, 0.15) is 0 Å². The van der Waals surface area contributed by atoms with E-state index in [1.165, 1.54) is 0 Å². The second-order valence-electron chi connectivity index (χ2n) is 3.69. The van der Waals surface area contributed by atoms with Crippen molar-refractivity contribution < 1.29 is 4.79 Å². The van der Waals surface area contributed by atoms with Gasteiger partial charge in [-0.25, -0.2) is 0 Å². The first-order valence-electron chi connectivity index (χ1n) is 5.47. The molecule has 3 N–H and O–H groups in total. The number of carbonyl (C=O) groups excluding carboxylic acids is 1. The number of anilines is 1. The summed E-state index contributed by atoms with van der Waals surface area (Å²) in [6.07, 6.45) is 4.19. The maximum absolute atomic E-state index is 11.7. The number of hydrogen-bond acceptors (Lipinski definition) is 3. The highest BCUT2D eigenvalue weighted by Crippen LogP contribution is 2.19. The Morgan fingerprint density at radius 2 is 2.24 bits per heavy atom.